The maximum Gasteiger partial charge on any atom is 0.355 e. The minimum absolute atomic E-state index is 0.0165. The molecule has 4 heterocycles. The van der Waals surface area contributed by atoms with Gasteiger partial charge >= 0.3 is 11.9 Å². The highest BCUT2D eigenvalue weighted by Crippen LogP contribution is 2.42. The number of nitrogens with zero attached hydrogens (tertiary/aromatic N) is 7. The van der Waals surface area contributed by atoms with Gasteiger partial charge in [-0.2, -0.15) is 0 Å². The molecule has 2 aromatic rings. The lowest BCUT2D eigenvalue weighted by Gasteiger charge is -2.49. The SMILES string of the molecule is CN(C)CCn1nnnc1SCC1=C(C(=O)OCCOC(=O)C(C)(C)C)N2C(=O)[C@@H](NC(=O)Cc3csc(N)n3)[C@@H]2SC1. The van der Waals surface area contributed by atoms with Crippen molar-refractivity contribution in [2.45, 2.75) is 50.3 Å². The number of carbonyl (C=O) groups is 4. The van der Waals surface area contributed by atoms with E-state index in [0.717, 1.165) is 6.54 Å². The van der Waals surface area contributed by atoms with Crippen LogP contribution in [-0.4, -0.2) is 116 Å². The maximum atomic E-state index is 13.4. The Hall–Kier alpha value is -3.22. The lowest BCUT2D eigenvalue weighted by molar-refractivity contribution is -0.159. The summed E-state index contributed by atoms with van der Waals surface area (Å²) in [6, 6.07) is -0.809. The van der Waals surface area contributed by atoms with E-state index >= 15 is 0 Å². The second kappa shape index (κ2) is 14.0. The van der Waals surface area contributed by atoms with Gasteiger partial charge in [0, 0.05) is 23.4 Å². The average Bonchev–Trinajstić information content (AvgIpc) is 3.58. The Morgan fingerprint density at radius 3 is 2.65 bits per heavy atom. The Morgan fingerprint density at radius 2 is 1.98 bits per heavy atom. The van der Waals surface area contributed by atoms with Crippen molar-refractivity contribution in [2.24, 2.45) is 5.41 Å². The highest BCUT2D eigenvalue weighted by Gasteiger charge is 2.54. The van der Waals surface area contributed by atoms with Crippen LogP contribution in [-0.2, 0) is 41.6 Å². The number of amides is 2. The number of fused-ring (bicyclic) bond motifs is 1. The number of esters is 2. The van der Waals surface area contributed by atoms with E-state index in [4.69, 9.17) is 15.2 Å². The summed E-state index contributed by atoms with van der Waals surface area (Å²) < 4.78 is 12.3. The largest absolute Gasteiger partial charge is 0.462 e. The standard InChI is InChI=1S/C25H35N9O6S3/c1-25(2,3)22(38)40-9-8-39-21(37)18-14(12-43-24-29-30-31-33(24)7-6-32(4)5)11-41-20-17(19(36)34(18)20)28-16(35)10-15-13-42-23(26)27-15/h13,17,20H,6-12H2,1-5H3,(H2,26,27)(H,28,35)/t17-,20+/m1/s1. The van der Waals surface area contributed by atoms with E-state index in [1.54, 1.807) is 30.8 Å². The molecule has 2 aliphatic heterocycles. The van der Waals surface area contributed by atoms with E-state index in [9.17, 15) is 19.2 Å². The molecule has 2 aromatic heterocycles. The molecule has 2 atom stereocenters. The normalized spacial score (nSPS) is 18.4. The van der Waals surface area contributed by atoms with Crippen LogP contribution in [0.1, 0.15) is 26.5 Å². The number of nitrogens with two attached hydrogens (primary N) is 1. The summed E-state index contributed by atoms with van der Waals surface area (Å²) in [5, 5.41) is 16.8. The predicted molar refractivity (Wildman–Crippen MR) is 161 cm³/mol. The summed E-state index contributed by atoms with van der Waals surface area (Å²) in [4.78, 5) is 58.9. The van der Waals surface area contributed by atoms with Crippen LogP contribution in [0.5, 0.6) is 0 Å². The Morgan fingerprint density at radius 1 is 1.23 bits per heavy atom. The third-order valence-corrected chi connectivity index (χ3v) is 9.37. The van der Waals surface area contributed by atoms with Crippen molar-refractivity contribution in [3.63, 3.8) is 0 Å². The third-order valence-electron chi connectivity index (χ3n) is 6.26. The molecule has 0 bridgehead atoms. The van der Waals surface area contributed by atoms with Gasteiger partial charge in [0.2, 0.25) is 11.1 Å². The number of rotatable bonds is 13. The molecule has 0 unspecified atom stereocenters. The van der Waals surface area contributed by atoms with Crippen molar-refractivity contribution in [1.82, 2.24) is 40.3 Å². The molecule has 0 saturated carbocycles. The second-order valence-electron chi connectivity index (χ2n) is 11.1. The molecule has 0 radical (unpaired) electrons. The molecule has 1 saturated heterocycles. The number of ether oxygens (including phenoxy) is 2. The first kappa shape index (κ1) is 32.7. The molecule has 0 aliphatic carbocycles. The number of carbonyl (C=O) groups excluding carboxylic acids is 4. The van der Waals surface area contributed by atoms with Crippen LogP contribution in [0.15, 0.2) is 21.8 Å². The van der Waals surface area contributed by atoms with Crippen LogP contribution in [0.2, 0.25) is 0 Å². The van der Waals surface area contributed by atoms with Crippen LogP contribution in [0.3, 0.4) is 0 Å². The smallest absolute Gasteiger partial charge is 0.355 e. The maximum absolute atomic E-state index is 13.4. The Kier molecular flexibility index (Phi) is 10.7. The molecule has 2 aliphatic rings. The second-order valence-corrected chi connectivity index (χ2v) is 14.0. The van der Waals surface area contributed by atoms with Crippen LogP contribution in [0.25, 0.3) is 0 Å². The number of β-lactam (4-membered cyclic amide) rings is 1. The lowest BCUT2D eigenvalue weighted by atomic mass is 9.97. The zero-order valence-corrected chi connectivity index (χ0v) is 27.0. The number of hydrogen-bond donors (Lipinski definition) is 2. The minimum Gasteiger partial charge on any atom is -0.462 e. The van der Waals surface area contributed by atoms with Gasteiger partial charge in [0.1, 0.15) is 30.3 Å². The van der Waals surface area contributed by atoms with Gasteiger partial charge < -0.3 is 25.4 Å². The zero-order chi connectivity index (χ0) is 31.3. The highest BCUT2D eigenvalue weighted by molar-refractivity contribution is 8.01. The van der Waals surface area contributed by atoms with Crippen molar-refractivity contribution in [3.05, 3.63) is 22.3 Å². The van der Waals surface area contributed by atoms with E-state index in [1.165, 1.54) is 39.8 Å². The zero-order valence-electron chi connectivity index (χ0n) is 24.6. The summed E-state index contributed by atoms with van der Waals surface area (Å²) in [6.07, 6.45) is -0.0165. The summed E-state index contributed by atoms with van der Waals surface area (Å²) in [7, 11) is 3.91. The van der Waals surface area contributed by atoms with Crippen LogP contribution in [0.4, 0.5) is 5.13 Å². The van der Waals surface area contributed by atoms with Gasteiger partial charge in [-0.3, -0.25) is 19.3 Å². The molecule has 43 heavy (non-hydrogen) atoms. The van der Waals surface area contributed by atoms with Gasteiger partial charge in [-0.25, -0.2) is 14.5 Å². The first-order valence-corrected chi connectivity index (χ1v) is 16.3. The van der Waals surface area contributed by atoms with Crippen molar-refractivity contribution >= 4 is 63.7 Å². The Labute approximate surface area is 261 Å². The quantitative estimate of drug-likeness (QED) is 0.131. The van der Waals surface area contributed by atoms with E-state index in [1.807, 2.05) is 19.0 Å². The van der Waals surface area contributed by atoms with Crippen LogP contribution in [0, 0.1) is 5.41 Å². The average molecular weight is 654 g/mol. The number of nitrogen functional groups attached to an aromatic ring is 1. The number of thioether (sulfide) groups is 2. The Balaban J connectivity index is 1.46. The fourth-order valence-corrected chi connectivity index (χ4v) is 6.97. The summed E-state index contributed by atoms with van der Waals surface area (Å²) >= 11 is 4.02. The van der Waals surface area contributed by atoms with E-state index < -0.39 is 34.7 Å². The number of likely N-dealkylation sites (N-methyl/N-ethyl adjacent to an activating group) is 1. The van der Waals surface area contributed by atoms with E-state index in [-0.39, 0.29) is 31.2 Å². The Bertz CT molecular complexity index is 1390. The van der Waals surface area contributed by atoms with E-state index in [2.05, 4.69) is 25.8 Å². The van der Waals surface area contributed by atoms with Gasteiger partial charge in [0.05, 0.1) is 24.1 Å². The molecular weight excluding hydrogens is 619 g/mol. The van der Waals surface area contributed by atoms with E-state index in [0.29, 0.717) is 39.6 Å². The summed E-state index contributed by atoms with van der Waals surface area (Å²) in [5.41, 5.74) is 6.26. The minimum atomic E-state index is -0.809. The van der Waals surface area contributed by atoms with Crippen LogP contribution < -0.4 is 11.1 Å². The monoisotopic (exact) mass is 653 g/mol. The molecule has 4 rings (SSSR count). The van der Waals surface area contributed by atoms with Gasteiger partial charge in [0.25, 0.3) is 5.91 Å². The number of tetrazole rings is 1. The molecule has 2 amide bonds. The molecule has 1 fully saturated rings. The molecule has 3 N–H and O–H groups in total. The van der Waals surface area contributed by atoms with Crippen molar-refractivity contribution in [1.29, 1.82) is 0 Å². The van der Waals surface area contributed by atoms with Crippen molar-refractivity contribution < 1.29 is 28.7 Å². The number of aromatic nitrogens is 5. The fourth-order valence-electron chi connectivity index (χ4n) is 4.02. The molecule has 234 valence electrons. The molecule has 18 heteroatoms. The number of thiazole rings is 1. The molecule has 0 aromatic carbocycles. The number of nitrogens with one attached hydrogen (secondary N) is 1. The van der Waals surface area contributed by atoms with Crippen LogP contribution >= 0.6 is 34.9 Å². The topological polar surface area (TPSA) is 188 Å². The molecular formula is C25H35N9O6S3. The van der Waals surface area contributed by atoms with Crippen molar-refractivity contribution in [3.8, 4) is 0 Å². The first-order valence-electron chi connectivity index (χ1n) is 13.4. The summed E-state index contributed by atoms with van der Waals surface area (Å²) in [6.45, 7) is 6.20. The van der Waals surface area contributed by atoms with Gasteiger partial charge in [-0.05, 0) is 50.9 Å². The predicted octanol–water partition coefficient (Wildman–Crippen LogP) is 0.395. The van der Waals surface area contributed by atoms with Gasteiger partial charge in [-0.15, -0.1) is 28.2 Å². The molecule has 15 nitrogen and oxygen atoms in total. The van der Waals surface area contributed by atoms with Crippen molar-refractivity contribution in [2.75, 3.05) is 51.1 Å². The van der Waals surface area contributed by atoms with Gasteiger partial charge in [-0.1, -0.05) is 11.8 Å². The highest BCUT2D eigenvalue weighted by atomic mass is 32.2. The number of hydrogen-bond acceptors (Lipinski definition) is 15. The fraction of sp³-hybridized carbons (Fsp3) is 0.600. The first-order chi connectivity index (χ1) is 20.3. The summed E-state index contributed by atoms with van der Waals surface area (Å²) in [5.74, 6) is -1.18. The molecule has 0 spiro atoms. The number of anilines is 1. The lowest BCUT2D eigenvalue weighted by Crippen LogP contribution is -2.70. The third kappa shape index (κ3) is 8.24. The van der Waals surface area contributed by atoms with Gasteiger partial charge in [0.15, 0.2) is 5.13 Å².